The topological polar surface area (TPSA) is 8.17 Å². The number of hydrogen-bond acceptors (Lipinski definition) is 1. The molecule has 0 radical (unpaired) electrons. The maximum absolute atomic E-state index is 2.53. The first kappa shape index (κ1) is 39.0. The van der Waals surface area contributed by atoms with Crippen LogP contribution in [0.3, 0.4) is 0 Å². The Morgan fingerprint density at radius 3 is 1.64 bits per heavy atom. The highest BCUT2D eigenvalue weighted by Gasteiger charge is 2.17. The van der Waals surface area contributed by atoms with E-state index >= 15 is 0 Å². The Balaban J connectivity index is 1.13. The molecule has 8 aromatic rings. The van der Waals surface area contributed by atoms with E-state index in [1.54, 1.807) is 0 Å². The number of rotatable bonds is 16. The Labute approximate surface area is 346 Å². The Hall–Kier alpha value is -5.86. The molecule has 0 aliphatic carbocycles. The Bertz CT molecular complexity index is 2580. The van der Waals surface area contributed by atoms with Crippen LogP contribution in [0.5, 0.6) is 0 Å². The minimum absolute atomic E-state index is 1.14. The van der Waals surface area contributed by atoms with Crippen LogP contribution in [0.1, 0.15) is 87.5 Å². The van der Waals surface area contributed by atoms with Gasteiger partial charge in [-0.15, -0.1) is 0 Å². The summed E-state index contributed by atoms with van der Waals surface area (Å²) in [6.45, 7) is 9.07. The average molecular weight is 759 g/mol. The van der Waals surface area contributed by atoms with E-state index in [4.69, 9.17) is 0 Å². The molecule has 2 heteroatoms. The van der Waals surface area contributed by atoms with Crippen molar-refractivity contribution in [2.45, 2.75) is 91.9 Å². The largest absolute Gasteiger partial charge is 0.311 e. The highest BCUT2D eigenvalue weighted by atomic mass is 15.1. The van der Waals surface area contributed by atoms with Crippen LogP contribution in [-0.2, 0) is 12.8 Å². The van der Waals surface area contributed by atoms with Crippen LogP contribution < -0.4 is 4.90 Å². The van der Waals surface area contributed by atoms with Crippen LogP contribution in [0.4, 0.5) is 17.1 Å². The number of anilines is 3. The Morgan fingerprint density at radius 2 is 0.983 bits per heavy atom. The van der Waals surface area contributed by atoms with Gasteiger partial charge >= 0.3 is 0 Å². The molecule has 2 nitrogen and oxygen atoms in total. The van der Waals surface area contributed by atoms with E-state index in [9.17, 15) is 0 Å². The van der Waals surface area contributed by atoms with Crippen molar-refractivity contribution in [3.8, 4) is 27.9 Å². The van der Waals surface area contributed by atoms with E-state index in [-0.39, 0.29) is 0 Å². The molecule has 0 N–H and O–H groups in total. The van der Waals surface area contributed by atoms with Crippen molar-refractivity contribution in [1.82, 2.24) is 4.57 Å². The summed E-state index contributed by atoms with van der Waals surface area (Å²) >= 11 is 0. The molecule has 0 saturated carbocycles. The van der Waals surface area contributed by atoms with Crippen molar-refractivity contribution in [3.63, 3.8) is 0 Å². The van der Waals surface area contributed by atoms with Crippen molar-refractivity contribution in [1.29, 1.82) is 0 Å². The monoisotopic (exact) mass is 758 g/mol. The van der Waals surface area contributed by atoms with Crippen molar-refractivity contribution in [3.05, 3.63) is 180 Å². The zero-order valence-corrected chi connectivity index (χ0v) is 35.0. The zero-order valence-electron chi connectivity index (χ0n) is 35.0. The first-order chi connectivity index (χ1) is 28.5. The van der Waals surface area contributed by atoms with Crippen molar-refractivity contribution >= 4 is 38.9 Å². The number of aryl methyl sites for hydroxylation is 4. The van der Waals surface area contributed by atoms with Crippen molar-refractivity contribution in [2.75, 3.05) is 4.90 Å². The summed E-state index contributed by atoms with van der Waals surface area (Å²) in [5, 5.41) is 2.54. The molecule has 0 aliphatic rings. The molecule has 0 unspecified atom stereocenters. The fourth-order valence-electron chi connectivity index (χ4n) is 8.78. The average Bonchev–Trinajstić information content (AvgIpc) is 3.60. The lowest BCUT2D eigenvalue weighted by Crippen LogP contribution is -2.09. The molecular formula is C56H58N2. The van der Waals surface area contributed by atoms with Gasteiger partial charge in [-0.05, 0) is 145 Å². The standard InChI is InChI=1S/C56H58N2/c1-5-7-9-12-18-45-39-53(47(38-42(45)4)19-13-10-8-6-2)44-28-35-51(36-29-44)57(49-31-24-41(3)25-32-49)50-33-26-43(27-34-50)46-30-37-56-54(40-46)52-22-16-17-23-55(52)58(56)48-20-14-11-15-21-48/h11,14-17,20-40H,5-10,12-13,18-19H2,1-4H3. The summed E-state index contributed by atoms with van der Waals surface area (Å²) < 4.78 is 2.38. The molecule has 58 heavy (non-hydrogen) atoms. The summed E-state index contributed by atoms with van der Waals surface area (Å²) in [7, 11) is 0. The summed E-state index contributed by atoms with van der Waals surface area (Å²) in [5.41, 5.74) is 17.9. The van der Waals surface area contributed by atoms with E-state index in [1.807, 2.05) is 0 Å². The van der Waals surface area contributed by atoms with Gasteiger partial charge in [0.1, 0.15) is 0 Å². The predicted octanol–water partition coefficient (Wildman–Crippen LogP) is 16.4. The molecular weight excluding hydrogens is 701 g/mol. The van der Waals surface area contributed by atoms with Crippen LogP contribution in [0.15, 0.2) is 158 Å². The third kappa shape index (κ3) is 8.39. The highest BCUT2D eigenvalue weighted by Crippen LogP contribution is 2.39. The van der Waals surface area contributed by atoms with Gasteiger partial charge < -0.3 is 9.47 Å². The van der Waals surface area contributed by atoms with Gasteiger partial charge in [0.2, 0.25) is 0 Å². The van der Waals surface area contributed by atoms with Gasteiger partial charge in [-0.3, -0.25) is 0 Å². The minimum Gasteiger partial charge on any atom is -0.311 e. The minimum atomic E-state index is 1.14. The predicted molar refractivity (Wildman–Crippen MR) is 252 cm³/mol. The molecule has 8 rings (SSSR count). The summed E-state index contributed by atoms with van der Waals surface area (Å²) in [6.07, 6.45) is 12.6. The summed E-state index contributed by atoms with van der Waals surface area (Å²) in [6, 6.07) is 58.8. The van der Waals surface area contributed by atoms with Crippen LogP contribution in [0, 0.1) is 13.8 Å². The highest BCUT2D eigenvalue weighted by molar-refractivity contribution is 6.10. The van der Waals surface area contributed by atoms with Gasteiger partial charge in [0, 0.05) is 33.5 Å². The van der Waals surface area contributed by atoms with Crippen molar-refractivity contribution < 1.29 is 0 Å². The molecule has 7 aromatic carbocycles. The van der Waals surface area contributed by atoms with Gasteiger partial charge in [0.15, 0.2) is 0 Å². The van der Waals surface area contributed by atoms with Crippen LogP contribution >= 0.6 is 0 Å². The van der Waals surface area contributed by atoms with E-state index in [0.717, 1.165) is 29.9 Å². The van der Waals surface area contributed by atoms with Gasteiger partial charge in [-0.25, -0.2) is 0 Å². The Kier molecular flexibility index (Phi) is 12.2. The molecule has 0 aliphatic heterocycles. The first-order valence-electron chi connectivity index (χ1n) is 21.8. The number of benzene rings is 7. The molecule has 0 amide bonds. The second-order valence-electron chi connectivity index (χ2n) is 16.2. The van der Waals surface area contributed by atoms with E-state index < -0.39 is 0 Å². The first-order valence-corrected chi connectivity index (χ1v) is 21.8. The molecule has 0 bridgehead atoms. The number of aromatic nitrogens is 1. The third-order valence-corrected chi connectivity index (χ3v) is 12.0. The van der Waals surface area contributed by atoms with Gasteiger partial charge in [-0.1, -0.05) is 149 Å². The van der Waals surface area contributed by atoms with Gasteiger partial charge in [-0.2, -0.15) is 0 Å². The number of unbranched alkanes of at least 4 members (excludes halogenated alkanes) is 6. The number of fused-ring (bicyclic) bond motifs is 3. The third-order valence-electron chi connectivity index (χ3n) is 12.0. The lowest BCUT2D eigenvalue weighted by Gasteiger charge is -2.26. The second kappa shape index (κ2) is 18.2. The van der Waals surface area contributed by atoms with E-state index in [2.05, 4.69) is 195 Å². The fourth-order valence-corrected chi connectivity index (χ4v) is 8.78. The van der Waals surface area contributed by atoms with Gasteiger partial charge in [0.05, 0.1) is 11.0 Å². The lowest BCUT2D eigenvalue weighted by atomic mass is 9.89. The number of nitrogens with zero attached hydrogens (tertiary/aromatic N) is 2. The van der Waals surface area contributed by atoms with Crippen LogP contribution in [-0.4, -0.2) is 4.57 Å². The molecule has 0 atom stereocenters. The molecule has 1 aromatic heterocycles. The summed E-state index contributed by atoms with van der Waals surface area (Å²) in [5.74, 6) is 0. The summed E-state index contributed by atoms with van der Waals surface area (Å²) in [4.78, 5) is 2.39. The molecule has 1 heterocycles. The van der Waals surface area contributed by atoms with Gasteiger partial charge in [0.25, 0.3) is 0 Å². The van der Waals surface area contributed by atoms with E-state index in [0.29, 0.717) is 0 Å². The zero-order chi connectivity index (χ0) is 39.8. The molecule has 0 spiro atoms. The maximum Gasteiger partial charge on any atom is 0.0541 e. The molecule has 0 saturated heterocycles. The Morgan fingerprint density at radius 1 is 0.431 bits per heavy atom. The lowest BCUT2D eigenvalue weighted by molar-refractivity contribution is 0.662. The molecule has 292 valence electrons. The number of hydrogen-bond donors (Lipinski definition) is 0. The van der Waals surface area contributed by atoms with Crippen LogP contribution in [0.25, 0.3) is 49.7 Å². The van der Waals surface area contributed by atoms with E-state index in [1.165, 1.54) is 123 Å². The molecule has 0 fully saturated rings. The number of para-hydroxylation sites is 2. The normalized spacial score (nSPS) is 11.4. The second-order valence-corrected chi connectivity index (χ2v) is 16.2. The van der Waals surface area contributed by atoms with Crippen LogP contribution in [0.2, 0.25) is 0 Å². The maximum atomic E-state index is 2.53. The fraction of sp³-hybridized carbons (Fsp3) is 0.250. The smallest absolute Gasteiger partial charge is 0.0541 e. The van der Waals surface area contributed by atoms with Crippen molar-refractivity contribution in [2.24, 2.45) is 0 Å². The quantitative estimate of drug-likeness (QED) is 0.0891. The SMILES string of the molecule is CCCCCCc1cc(-c2ccc(N(c3ccc(C)cc3)c3ccc(-c4ccc5c(c4)c4ccccc4n5-c4ccccc4)cc3)cc2)c(CCCCCC)cc1C.